The molecule has 2 N–H and O–H groups in total. The lowest BCUT2D eigenvalue weighted by Crippen LogP contribution is -2.35. The Bertz CT molecular complexity index is 1340. The molecule has 2 atom stereocenters. The number of hydrogen-bond acceptors (Lipinski definition) is 3. The summed E-state index contributed by atoms with van der Waals surface area (Å²) >= 11 is 0. The van der Waals surface area contributed by atoms with E-state index in [-0.39, 0.29) is 30.1 Å². The van der Waals surface area contributed by atoms with Crippen molar-refractivity contribution in [2.45, 2.75) is 18.9 Å². The molecule has 0 saturated carbocycles. The van der Waals surface area contributed by atoms with E-state index in [1.54, 1.807) is 4.90 Å². The minimum absolute atomic E-state index is 0.0150. The summed E-state index contributed by atoms with van der Waals surface area (Å²) in [5.41, 5.74) is 5.57. The molecule has 2 amide bonds. The van der Waals surface area contributed by atoms with Crippen molar-refractivity contribution in [3.8, 4) is 0 Å². The Balaban J connectivity index is 1.32. The summed E-state index contributed by atoms with van der Waals surface area (Å²) in [5, 5.41) is 4.33. The molecule has 6 nitrogen and oxygen atoms in total. The number of carbonyl (C=O) groups is 2. The molecule has 1 saturated heterocycles. The van der Waals surface area contributed by atoms with Gasteiger partial charge in [0.05, 0.1) is 5.92 Å². The Morgan fingerprint density at radius 2 is 1.75 bits per heavy atom. The standard InChI is InChI=1S/C30H32N4O2/c1-33(2)24-14-12-22(13-15-24)26(27-18-31-28-11-7-6-10-25(27)28)17-32-30(36)23-16-29(35)34(20-23)19-21-8-4-3-5-9-21/h3-15,18,23,26,31H,16-17,19-20H2,1-2H3,(H,32,36)/t23-,26-/m1/s1. The molecule has 0 bridgehead atoms. The number of likely N-dealkylation sites (tertiary alicyclic amines) is 1. The van der Waals surface area contributed by atoms with Crippen LogP contribution in [0, 0.1) is 5.92 Å². The number of fused-ring (bicyclic) bond motifs is 1. The maximum absolute atomic E-state index is 13.2. The Kier molecular flexibility index (Phi) is 6.76. The molecule has 1 fully saturated rings. The zero-order valence-electron chi connectivity index (χ0n) is 20.8. The van der Waals surface area contributed by atoms with Gasteiger partial charge >= 0.3 is 0 Å². The van der Waals surface area contributed by atoms with E-state index in [0.717, 1.165) is 33.3 Å². The average Bonchev–Trinajstić information content (AvgIpc) is 3.49. The number of H-pyrrole nitrogens is 1. The van der Waals surface area contributed by atoms with Gasteiger partial charge in [0.1, 0.15) is 0 Å². The smallest absolute Gasteiger partial charge is 0.225 e. The van der Waals surface area contributed by atoms with Crippen molar-refractivity contribution in [2.24, 2.45) is 5.92 Å². The number of rotatable bonds is 8. The van der Waals surface area contributed by atoms with Crippen LogP contribution in [-0.4, -0.2) is 48.9 Å². The van der Waals surface area contributed by atoms with Crippen molar-refractivity contribution >= 4 is 28.4 Å². The second-order valence-electron chi connectivity index (χ2n) is 9.73. The van der Waals surface area contributed by atoms with Crippen LogP contribution in [0.4, 0.5) is 5.69 Å². The summed E-state index contributed by atoms with van der Waals surface area (Å²) in [6.45, 7) is 1.46. The fourth-order valence-corrected chi connectivity index (χ4v) is 5.05. The highest BCUT2D eigenvalue weighted by molar-refractivity contribution is 5.89. The van der Waals surface area contributed by atoms with E-state index in [0.29, 0.717) is 19.6 Å². The van der Waals surface area contributed by atoms with Gasteiger partial charge in [-0.05, 0) is 34.9 Å². The third-order valence-corrected chi connectivity index (χ3v) is 7.09. The lowest BCUT2D eigenvalue weighted by atomic mass is 9.90. The third-order valence-electron chi connectivity index (χ3n) is 7.09. The van der Waals surface area contributed by atoms with Crippen molar-refractivity contribution in [3.05, 3.63) is 102 Å². The van der Waals surface area contributed by atoms with Gasteiger partial charge < -0.3 is 20.1 Å². The molecule has 1 aromatic heterocycles. The summed E-state index contributed by atoms with van der Waals surface area (Å²) < 4.78 is 0. The van der Waals surface area contributed by atoms with Crippen LogP contribution in [0.25, 0.3) is 10.9 Å². The number of anilines is 1. The number of aromatic nitrogens is 1. The predicted octanol–water partition coefficient (Wildman–Crippen LogP) is 4.53. The number of nitrogens with one attached hydrogen (secondary N) is 2. The van der Waals surface area contributed by atoms with Crippen LogP contribution in [0.2, 0.25) is 0 Å². The molecule has 6 heteroatoms. The molecule has 4 aromatic rings. The van der Waals surface area contributed by atoms with Crippen LogP contribution < -0.4 is 10.2 Å². The first-order chi connectivity index (χ1) is 17.5. The second kappa shape index (κ2) is 10.3. The van der Waals surface area contributed by atoms with Gasteiger partial charge in [0.15, 0.2) is 0 Å². The first kappa shape index (κ1) is 23.7. The highest BCUT2D eigenvalue weighted by Gasteiger charge is 2.34. The van der Waals surface area contributed by atoms with Crippen molar-refractivity contribution in [2.75, 3.05) is 32.1 Å². The van der Waals surface area contributed by atoms with Crippen molar-refractivity contribution in [1.29, 1.82) is 0 Å². The van der Waals surface area contributed by atoms with E-state index in [1.807, 2.05) is 62.8 Å². The lowest BCUT2D eigenvalue weighted by molar-refractivity contribution is -0.129. The minimum atomic E-state index is -0.332. The maximum Gasteiger partial charge on any atom is 0.225 e. The number of aromatic amines is 1. The average molecular weight is 481 g/mol. The van der Waals surface area contributed by atoms with Gasteiger partial charge in [-0.3, -0.25) is 9.59 Å². The quantitative estimate of drug-likeness (QED) is 0.389. The van der Waals surface area contributed by atoms with Gasteiger partial charge in [0, 0.05) is 68.9 Å². The first-order valence-electron chi connectivity index (χ1n) is 12.4. The maximum atomic E-state index is 13.2. The SMILES string of the molecule is CN(C)c1ccc([C@@H](CNC(=O)[C@@H]2CC(=O)N(Cc3ccccc3)C2)c2c[nH]c3ccccc23)cc1. The van der Waals surface area contributed by atoms with E-state index >= 15 is 0 Å². The Morgan fingerprint density at radius 1 is 1.03 bits per heavy atom. The van der Waals surface area contributed by atoms with E-state index in [1.165, 1.54) is 0 Å². The van der Waals surface area contributed by atoms with E-state index < -0.39 is 0 Å². The van der Waals surface area contributed by atoms with Crippen LogP contribution in [0.15, 0.2) is 85.1 Å². The summed E-state index contributed by atoms with van der Waals surface area (Å²) in [4.78, 5) is 33.0. The van der Waals surface area contributed by atoms with Crippen LogP contribution >= 0.6 is 0 Å². The van der Waals surface area contributed by atoms with Crippen molar-refractivity contribution in [3.63, 3.8) is 0 Å². The van der Waals surface area contributed by atoms with Crippen molar-refractivity contribution in [1.82, 2.24) is 15.2 Å². The Labute approximate surface area is 211 Å². The summed E-state index contributed by atoms with van der Waals surface area (Å²) in [6.07, 6.45) is 2.30. The first-order valence-corrected chi connectivity index (χ1v) is 12.4. The molecular weight excluding hydrogens is 448 g/mol. The number of hydrogen-bond donors (Lipinski definition) is 2. The molecule has 1 aliphatic heterocycles. The lowest BCUT2D eigenvalue weighted by Gasteiger charge is -2.21. The van der Waals surface area contributed by atoms with E-state index in [9.17, 15) is 9.59 Å². The van der Waals surface area contributed by atoms with Crippen molar-refractivity contribution < 1.29 is 9.59 Å². The monoisotopic (exact) mass is 480 g/mol. The Hall–Kier alpha value is -4.06. The normalized spacial score (nSPS) is 16.3. The van der Waals surface area contributed by atoms with Gasteiger partial charge in [-0.25, -0.2) is 0 Å². The molecule has 184 valence electrons. The second-order valence-corrected chi connectivity index (χ2v) is 9.73. The summed E-state index contributed by atoms with van der Waals surface area (Å²) in [5.74, 6) is -0.375. The fourth-order valence-electron chi connectivity index (χ4n) is 5.05. The Morgan fingerprint density at radius 3 is 2.50 bits per heavy atom. The van der Waals surface area contributed by atoms with Crippen LogP contribution in [0.3, 0.4) is 0 Å². The molecule has 5 rings (SSSR count). The van der Waals surface area contributed by atoms with Gasteiger partial charge in [-0.15, -0.1) is 0 Å². The molecule has 0 radical (unpaired) electrons. The predicted molar refractivity (Wildman–Crippen MR) is 144 cm³/mol. The zero-order chi connectivity index (χ0) is 25.1. The number of benzene rings is 3. The zero-order valence-corrected chi connectivity index (χ0v) is 20.8. The number of amides is 2. The number of carbonyl (C=O) groups excluding carboxylic acids is 2. The molecule has 0 spiro atoms. The highest BCUT2D eigenvalue weighted by atomic mass is 16.2. The van der Waals surface area contributed by atoms with Crippen LogP contribution in [0.5, 0.6) is 0 Å². The summed E-state index contributed by atoms with van der Waals surface area (Å²) in [6, 6.07) is 26.6. The summed E-state index contributed by atoms with van der Waals surface area (Å²) in [7, 11) is 4.05. The molecule has 3 aromatic carbocycles. The largest absolute Gasteiger partial charge is 0.378 e. The molecule has 36 heavy (non-hydrogen) atoms. The number of para-hydroxylation sites is 1. The van der Waals surface area contributed by atoms with Gasteiger partial charge in [0.2, 0.25) is 11.8 Å². The molecule has 1 aliphatic rings. The fraction of sp³-hybridized carbons (Fsp3) is 0.267. The van der Waals surface area contributed by atoms with Gasteiger partial charge in [-0.1, -0.05) is 60.7 Å². The number of nitrogens with zero attached hydrogens (tertiary/aromatic N) is 2. The third kappa shape index (κ3) is 4.98. The minimum Gasteiger partial charge on any atom is -0.378 e. The molecule has 2 heterocycles. The van der Waals surface area contributed by atoms with E-state index in [2.05, 4.69) is 51.6 Å². The van der Waals surface area contributed by atoms with Gasteiger partial charge in [0.25, 0.3) is 0 Å². The van der Waals surface area contributed by atoms with E-state index in [4.69, 9.17) is 0 Å². The van der Waals surface area contributed by atoms with Crippen LogP contribution in [0.1, 0.15) is 29.0 Å². The topological polar surface area (TPSA) is 68.4 Å². The molecule has 0 unspecified atom stereocenters. The highest BCUT2D eigenvalue weighted by Crippen LogP contribution is 2.32. The van der Waals surface area contributed by atoms with Gasteiger partial charge in [-0.2, -0.15) is 0 Å². The van der Waals surface area contributed by atoms with Crippen LogP contribution in [-0.2, 0) is 16.1 Å². The molecule has 0 aliphatic carbocycles. The molecular formula is C30H32N4O2.